The lowest BCUT2D eigenvalue weighted by Gasteiger charge is -2.17. The van der Waals surface area contributed by atoms with Crippen LogP contribution in [0, 0.1) is 17.8 Å². The summed E-state index contributed by atoms with van der Waals surface area (Å²) in [5.41, 5.74) is 2.16. The Bertz CT molecular complexity index is 487. The van der Waals surface area contributed by atoms with Gasteiger partial charge in [0.25, 0.3) is 0 Å². The Kier molecular flexibility index (Phi) is 4.84. The second-order valence-corrected chi connectivity index (χ2v) is 5.11. The van der Waals surface area contributed by atoms with Gasteiger partial charge in [-0.05, 0) is 42.6 Å². The highest BCUT2D eigenvalue weighted by molar-refractivity contribution is 5.45. The third-order valence-corrected chi connectivity index (χ3v) is 3.52. The molecule has 0 aliphatic carbocycles. The minimum Gasteiger partial charge on any atom is -0.497 e. The van der Waals surface area contributed by atoms with Crippen LogP contribution in [0.25, 0.3) is 0 Å². The molecule has 0 radical (unpaired) electrons. The van der Waals surface area contributed by atoms with E-state index in [1.165, 1.54) is 12.0 Å². The van der Waals surface area contributed by atoms with Gasteiger partial charge in [-0.15, -0.1) is 0 Å². The van der Waals surface area contributed by atoms with Gasteiger partial charge in [0.05, 0.1) is 7.11 Å². The average Bonchev–Trinajstić information content (AvgIpc) is 2.82. The first-order valence-corrected chi connectivity index (χ1v) is 6.72. The van der Waals surface area contributed by atoms with E-state index < -0.39 is 0 Å². The number of ether oxygens (including phenoxy) is 1. The number of nitrogens with zero attached hydrogens (tertiary/aromatic N) is 1. The maximum Gasteiger partial charge on any atom is 0.119 e. The van der Waals surface area contributed by atoms with E-state index in [0.29, 0.717) is 0 Å². The summed E-state index contributed by atoms with van der Waals surface area (Å²) in [5, 5.41) is 8.83. The van der Waals surface area contributed by atoms with Crippen LogP contribution in [0.15, 0.2) is 18.2 Å². The van der Waals surface area contributed by atoms with E-state index >= 15 is 0 Å². The molecule has 0 aromatic heterocycles. The number of hydrogen-bond donors (Lipinski definition) is 1. The molecule has 0 amide bonds. The van der Waals surface area contributed by atoms with Gasteiger partial charge in [-0.2, -0.15) is 0 Å². The second kappa shape index (κ2) is 6.60. The second-order valence-electron chi connectivity index (χ2n) is 5.11. The lowest BCUT2D eigenvalue weighted by Crippen LogP contribution is -2.20. The summed E-state index contributed by atoms with van der Waals surface area (Å²) in [6.45, 7) is 5.37. The van der Waals surface area contributed by atoms with E-state index in [2.05, 4.69) is 23.7 Å². The van der Waals surface area contributed by atoms with Gasteiger partial charge in [0.15, 0.2) is 0 Å². The first kappa shape index (κ1) is 13.9. The molecule has 0 bridgehead atoms. The summed E-state index contributed by atoms with van der Waals surface area (Å²) >= 11 is 0. The number of aliphatic hydroxyl groups excluding tert-OH is 1. The molecule has 1 unspecified atom stereocenters. The average molecular weight is 259 g/mol. The van der Waals surface area contributed by atoms with Crippen molar-refractivity contribution in [3.8, 4) is 17.6 Å². The fourth-order valence-corrected chi connectivity index (χ4v) is 2.50. The third kappa shape index (κ3) is 3.73. The van der Waals surface area contributed by atoms with Gasteiger partial charge in [0.2, 0.25) is 0 Å². The molecule has 102 valence electrons. The first-order valence-electron chi connectivity index (χ1n) is 6.72. The molecule has 1 saturated heterocycles. The number of methoxy groups -OCH3 is 1. The molecule has 1 heterocycles. The van der Waals surface area contributed by atoms with Crippen LogP contribution >= 0.6 is 0 Å². The Labute approximate surface area is 115 Å². The Morgan fingerprint density at radius 3 is 2.95 bits per heavy atom. The first-order chi connectivity index (χ1) is 9.22. The lowest BCUT2D eigenvalue weighted by atomic mass is 10.1. The van der Waals surface area contributed by atoms with Crippen LogP contribution in [-0.2, 0) is 6.54 Å². The molecule has 0 saturated carbocycles. The number of rotatable bonds is 3. The molecule has 1 aromatic carbocycles. The van der Waals surface area contributed by atoms with Crippen LogP contribution in [0.2, 0.25) is 0 Å². The van der Waals surface area contributed by atoms with Gasteiger partial charge in [0, 0.05) is 18.7 Å². The quantitative estimate of drug-likeness (QED) is 0.841. The van der Waals surface area contributed by atoms with Crippen LogP contribution < -0.4 is 4.74 Å². The third-order valence-electron chi connectivity index (χ3n) is 3.52. The summed E-state index contributed by atoms with van der Waals surface area (Å²) in [4.78, 5) is 2.45. The zero-order valence-corrected chi connectivity index (χ0v) is 11.6. The van der Waals surface area contributed by atoms with Crippen molar-refractivity contribution in [3.05, 3.63) is 29.3 Å². The van der Waals surface area contributed by atoms with Crippen molar-refractivity contribution >= 4 is 0 Å². The summed E-state index contributed by atoms with van der Waals surface area (Å²) in [6, 6.07) is 5.93. The Hall–Kier alpha value is -1.50. The monoisotopic (exact) mass is 259 g/mol. The van der Waals surface area contributed by atoms with E-state index in [1.54, 1.807) is 7.11 Å². The number of hydrogen-bond acceptors (Lipinski definition) is 3. The summed E-state index contributed by atoms with van der Waals surface area (Å²) in [7, 11) is 1.68. The fraction of sp³-hybridized carbons (Fsp3) is 0.500. The Balaban J connectivity index is 2.19. The number of benzene rings is 1. The van der Waals surface area contributed by atoms with Crippen molar-refractivity contribution in [2.75, 3.05) is 26.8 Å². The van der Waals surface area contributed by atoms with E-state index in [4.69, 9.17) is 9.84 Å². The molecule has 19 heavy (non-hydrogen) atoms. The summed E-state index contributed by atoms with van der Waals surface area (Å²) in [5.74, 6) is 7.37. The summed E-state index contributed by atoms with van der Waals surface area (Å²) in [6.07, 6.45) is 1.27. The molecule has 2 rings (SSSR count). The molecular weight excluding hydrogens is 238 g/mol. The molecule has 1 aliphatic heterocycles. The van der Waals surface area contributed by atoms with Crippen LogP contribution in [0.3, 0.4) is 0 Å². The highest BCUT2D eigenvalue weighted by atomic mass is 16.5. The van der Waals surface area contributed by atoms with E-state index in [-0.39, 0.29) is 6.61 Å². The van der Waals surface area contributed by atoms with Crippen LogP contribution in [-0.4, -0.2) is 36.8 Å². The van der Waals surface area contributed by atoms with Crippen molar-refractivity contribution < 1.29 is 9.84 Å². The maximum atomic E-state index is 8.83. The van der Waals surface area contributed by atoms with Crippen LogP contribution in [0.1, 0.15) is 24.5 Å². The minimum atomic E-state index is -0.105. The fourth-order valence-electron chi connectivity index (χ4n) is 2.50. The molecule has 3 heteroatoms. The zero-order valence-electron chi connectivity index (χ0n) is 11.6. The van der Waals surface area contributed by atoms with E-state index in [1.807, 2.05) is 18.2 Å². The summed E-state index contributed by atoms with van der Waals surface area (Å²) < 4.78 is 5.28. The predicted octanol–water partition coefficient (Wildman–Crippen LogP) is 1.88. The van der Waals surface area contributed by atoms with Crippen molar-refractivity contribution in [3.63, 3.8) is 0 Å². The van der Waals surface area contributed by atoms with Crippen molar-refractivity contribution in [2.24, 2.45) is 5.92 Å². The topological polar surface area (TPSA) is 32.7 Å². The van der Waals surface area contributed by atoms with Gasteiger partial charge in [-0.25, -0.2) is 0 Å². The van der Waals surface area contributed by atoms with E-state index in [0.717, 1.165) is 36.9 Å². The minimum absolute atomic E-state index is 0.105. The van der Waals surface area contributed by atoms with Gasteiger partial charge in [-0.1, -0.05) is 18.8 Å². The predicted molar refractivity (Wildman–Crippen MR) is 76.0 cm³/mol. The smallest absolute Gasteiger partial charge is 0.119 e. The van der Waals surface area contributed by atoms with Gasteiger partial charge < -0.3 is 9.84 Å². The molecule has 1 fully saturated rings. The van der Waals surface area contributed by atoms with Gasteiger partial charge >= 0.3 is 0 Å². The molecule has 1 aliphatic rings. The Morgan fingerprint density at radius 2 is 2.32 bits per heavy atom. The molecular formula is C16H21NO2. The highest BCUT2D eigenvalue weighted by Gasteiger charge is 2.19. The normalized spacial score (nSPS) is 19.0. The van der Waals surface area contributed by atoms with Crippen molar-refractivity contribution in [2.45, 2.75) is 19.9 Å². The van der Waals surface area contributed by atoms with Gasteiger partial charge in [0.1, 0.15) is 12.4 Å². The maximum absolute atomic E-state index is 8.83. The zero-order chi connectivity index (χ0) is 13.7. The molecule has 1 aromatic rings. The van der Waals surface area contributed by atoms with Gasteiger partial charge in [-0.3, -0.25) is 4.90 Å². The van der Waals surface area contributed by atoms with Crippen LogP contribution in [0.4, 0.5) is 0 Å². The number of aliphatic hydroxyl groups is 1. The molecule has 3 nitrogen and oxygen atoms in total. The lowest BCUT2D eigenvalue weighted by molar-refractivity contribution is 0.319. The molecule has 1 N–H and O–H groups in total. The largest absolute Gasteiger partial charge is 0.497 e. The molecule has 0 spiro atoms. The Morgan fingerprint density at radius 1 is 1.47 bits per heavy atom. The van der Waals surface area contributed by atoms with E-state index in [9.17, 15) is 0 Å². The highest BCUT2D eigenvalue weighted by Crippen LogP contribution is 2.22. The van der Waals surface area contributed by atoms with Crippen molar-refractivity contribution in [1.29, 1.82) is 0 Å². The molecule has 1 atom stereocenters. The SMILES string of the molecule is COc1ccc(C#CCO)c(CN2CCC(C)C2)c1. The standard InChI is InChI=1S/C16H21NO2/c1-13-7-8-17(11-13)12-15-10-16(19-2)6-5-14(15)4-3-9-18/h5-6,10,13,18H,7-9,11-12H2,1-2H3. The number of likely N-dealkylation sites (tertiary alicyclic amines) is 1. The van der Waals surface area contributed by atoms with Crippen molar-refractivity contribution in [1.82, 2.24) is 4.90 Å². The van der Waals surface area contributed by atoms with Crippen LogP contribution in [0.5, 0.6) is 5.75 Å².